The summed E-state index contributed by atoms with van der Waals surface area (Å²) in [5, 5.41) is 21.2. The Bertz CT molecular complexity index is 364. The van der Waals surface area contributed by atoms with E-state index in [1.807, 2.05) is 6.92 Å². The van der Waals surface area contributed by atoms with Gasteiger partial charge < -0.3 is 20.3 Å². The van der Waals surface area contributed by atoms with Crippen molar-refractivity contribution < 1.29 is 19.7 Å². The fourth-order valence-corrected chi connectivity index (χ4v) is 1.56. The zero-order valence-corrected chi connectivity index (χ0v) is 10.4. The van der Waals surface area contributed by atoms with Crippen molar-refractivity contribution in [2.24, 2.45) is 0 Å². The van der Waals surface area contributed by atoms with Gasteiger partial charge in [-0.3, -0.25) is 4.79 Å². The molecule has 1 rings (SSSR count). The van der Waals surface area contributed by atoms with Crippen molar-refractivity contribution in [3.05, 3.63) is 29.8 Å². The highest BCUT2D eigenvalue weighted by molar-refractivity contribution is 5.73. The van der Waals surface area contributed by atoms with E-state index >= 15 is 0 Å². The lowest BCUT2D eigenvalue weighted by Crippen LogP contribution is -2.40. The number of hydrogen-bond acceptors (Lipinski definition) is 4. The Labute approximate surface area is 106 Å². The molecule has 0 amide bonds. The number of benzene rings is 1. The van der Waals surface area contributed by atoms with Gasteiger partial charge in [0.15, 0.2) is 0 Å². The zero-order chi connectivity index (χ0) is 13.4. The maximum Gasteiger partial charge on any atom is 0.321 e. The van der Waals surface area contributed by atoms with Crippen LogP contribution < -0.4 is 5.32 Å². The van der Waals surface area contributed by atoms with Gasteiger partial charge in [0.25, 0.3) is 0 Å². The minimum absolute atomic E-state index is 0.176. The summed E-state index contributed by atoms with van der Waals surface area (Å²) in [4.78, 5) is 11.1. The molecule has 1 aromatic carbocycles. The van der Waals surface area contributed by atoms with E-state index in [9.17, 15) is 4.79 Å². The van der Waals surface area contributed by atoms with E-state index in [0.717, 1.165) is 5.56 Å². The number of carboxylic acids is 1. The predicted octanol–water partition coefficient (Wildman–Crippen LogP) is 1.01. The van der Waals surface area contributed by atoms with Crippen LogP contribution >= 0.6 is 0 Å². The van der Waals surface area contributed by atoms with Crippen molar-refractivity contribution in [2.45, 2.75) is 19.4 Å². The van der Waals surface area contributed by atoms with Gasteiger partial charge in [0, 0.05) is 13.2 Å². The molecule has 18 heavy (non-hydrogen) atoms. The molecule has 0 heterocycles. The maximum absolute atomic E-state index is 11.1. The van der Waals surface area contributed by atoms with E-state index in [-0.39, 0.29) is 5.75 Å². The number of aliphatic carboxylic acids is 1. The number of carbonyl (C=O) groups is 1. The van der Waals surface area contributed by atoms with Crippen LogP contribution in [0.4, 0.5) is 0 Å². The normalized spacial score (nSPS) is 12.3. The SMILES string of the molecule is CCOCCNC(Cc1ccc(O)cc1)C(=O)O. The van der Waals surface area contributed by atoms with Gasteiger partial charge in [-0.2, -0.15) is 0 Å². The number of rotatable bonds is 8. The van der Waals surface area contributed by atoms with Crippen molar-refractivity contribution >= 4 is 5.97 Å². The molecule has 100 valence electrons. The third kappa shape index (κ3) is 5.16. The van der Waals surface area contributed by atoms with Crippen molar-refractivity contribution in [3.8, 4) is 5.75 Å². The van der Waals surface area contributed by atoms with E-state index in [1.165, 1.54) is 0 Å². The largest absolute Gasteiger partial charge is 0.508 e. The van der Waals surface area contributed by atoms with Crippen LogP contribution in [0.15, 0.2) is 24.3 Å². The van der Waals surface area contributed by atoms with Crippen LogP contribution in [0.3, 0.4) is 0 Å². The lowest BCUT2D eigenvalue weighted by Gasteiger charge is -2.14. The molecule has 0 aromatic heterocycles. The Morgan fingerprint density at radius 1 is 1.39 bits per heavy atom. The van der Waals surface area contributed by atoms with Crippen molar-refractivity contribution in [1.29, 1.82) is 0 Å². The predicted molar refractivity (Wildman–Crippen MR) is 67.7 cm³/mol. The summed E-state index contributed by atoms with van der Waals surface area (Å²) in [6.45, 7) is 3.52. The second-order valence-corrected chi connectivity index (χ2v) is 3.91. The lowest BCUT2D eigenvalue weighted by atomic mass is 10.1. The molecule has 5 nitrogen and oxygen atoms in total. The molecule has 1 atom stereocenters. The van der Waals surface area contributed by atoms with Crippen LogP contribution in [0.1, 0.15) is 12.5 Å². The summed E-state index contributed by atoms with van der Waals surface area (Å²) in [7, 11) is 0. The number of phenolic OH excluding ortho intramolecular Hbond substituents is 1. The first-order valence-electron chi connectivity index (χ1n) is 5.95. The molecule has 0 aliphatic heterocycles. The monoisotopic (exact) mass is 253 g/mol. The topological polar surface area (TPSA) is 78.8 Å². The zero-order valence-electron chi connectivity index (χ0n) is 10.4. The second-order valence-electron chi connectivity index (χ2n) is 3.91. The van der Waals surface area contributed by atoms with Gasteiger partial charge in [0.2, 0.25) is 0 Å². The van der Waals surface area contributed by atoms with Gasteiger partial charge in [-0.25, -0.2) is 0 Å². The maximum atomic E-state index is 11.1. The molecule has 1 aromatic rings. The number of ether oxygens (including phenoxy) is 1. The number of nitrogens with one attached hydrogen (secondary N) is 1. The Kier molecular flexibility index (Phi) is 6.18. The number of hydrogen-bond donors (Lipinski definition) is 3. The number of phenols is 1. The molecule has 0 saturated heterocycles. The molecule has 3 N–H and O–H groups in total. The molecule has 0 spiro atoms. The molecular formula is C13H19NO4. The van der Waals surface area contributed by atoms with Gasteiger partial charge in [-0.15, -0.1) is 0 Å². The van der Waals surface area contributed by atoms with E-state index in [1.54, 1.807) is 24.3 Å². The summed E-state index contributed by atoms with van der Waals surface area (Å²) in [6, 6.07) is 5.89. The van der Waals surface area contributed by atoms with Crippen LogP contribution in [0.25, 0.3) is 0 Å². The first-order chi connectivity index (χ1) is 8.63. The molecule has 0 bridgehead atoms. The number of aromatic hydroxyl groups is 1. The first-order valence-corrected chi connectivity index (χ1v) is 5.95. The smallest absolute Gasteiger partial charge is 0.321 e. The van der Waals surface area contributed by atoms with Crippen molar-refractivity contribution in [2.75, 3.05) is 19.8 Å². The van der Waals surface area contributed by atoms with Crippen LogP contribution in [-0.4, -0.2) is 42.0 Å². The summed E-state index contributed by atoms with van der Waals surface area (Å²) >= 11 is 0. The molecular weight excluding hydrogens is 234 g/mol. The first kappa shape index (κ1) is 14.5. The van der Waals surface area contributed by atoms with Crippen LogP contribution in [-0.2, 0) is 16.0 Å². The molecule has 1 unspecified atom stereocenters. The minimum Gasteiger partial charge on any atom is -0.508 e. The van der Waals surface area contributed by atoms with Gasteiger partial charge in [-0.1, -0.05) is 12.1 Å². The third-order valence-electron chi connectivity index (χ3n) is 2.52. The van der Waals surface area contributed by atoms with E-state index in [4.69, 9.17) is 14.9 Å². The molecule has 0 aliphatic carbocycles. The minimum atomic E-state index is -0.889. The van der Waals surface area contributed by atoms with Crippen LogP contribution in [0, 0.1) is 0 Å². The molecule has 0 radical (unpaired) electrons. The third-order valence-corrected chi connectivity index (χ3v) is 2.52. The van der Waals surface area contributed by atoms with Gasteiger partial charge in [0.05, 0.1) is 6.61 Å². The highest BCUT2D eigenvalue weighted by Gasteiger charge is 2.16. The fourth-order valence-electron chi connectivity index (χ4n) is 1.56. The highest BCUT2D eigenvalue weighted by atomic mass is 16.5. The summed E-state index contributed by atoms with van der Waals surface area (Å²) in [6.07, 6.45) is 0.377. The van der Waals surface area contributed by atoms with Gasteiger partial charge in [-0.05, 0) is 31.0 Å². The molecule has 0 fully saturated rings. The van der Waals surface area contributed by atoms with Crippen molar-refractivity contribution in [1.82, 2.24) is 5.32 Å². The molecule has 5 heteroatoms. The van der Waals surface area contributed by atoms with E-state index in [2.05, 4.69) is 5.32 Å². The Balaban J connectivity index is 2.47. The Morgan fingerprint density at radius 3 is 2.61 bits per heavy atom. The van der Waals surface area contributed by atoms with Crippen LogP contribution in [0.2, 0.25) is 0 Å². The molecule has 0 saturated carbocycles. The average Bonchev–Trinajstić information content (AvgIpc) is 2.35. The second kappa shape index (κ2) is 7.68. The average molecular weight is 253 g/mol. The summed E-state index contributed by atoms with van der Waals surface area (Å²) in [5.74, 6) is -0.713. The van der Waals surface area contributed by atoms with Gasteiger partial charge >= 0.3 is 5.97 Å². The van der Waals surface area contributed by atoms with Crippen LogP contribution in [0.5, 0.6) is 5.75 Å². The summed E-state index contributed by atoms with van der Waals surface area (Å²) in [5.41, 5.74) is 0.865. The number of carboxylic acid groups (broad SMARTS) is 1. The molecule has 0 aliphatic rings. The quantitative estimate of drug-likeness (QED) is 0.603. The summed E-state index contributed by atoms with van der Waals surface area (Å²) < 4.78 is 5.14. The van der Waals surface area contributed by atoms with Gasteiger partial charge in [0.1, 0.15) is 11.8 Å². The Morgan fingerprint density at radius 2 is 2.06 bits per heavy atom. The highest BCUT2D eigenvalue weighted by Crippen LogP contribution is 2.11. The standard InChI is InChI=1S/C13H19NO4/c1-2-18-8-7-14-12(13(16)17)9-10-3-5-11(15)6-4-10/h3-6,12,14-15H,2,7-9H2,1H3,(H,16,17). The lowest BCUT2D eigenvalue weighted by molar-refractivity contribution is -0.139. The van der Waals surface area contributed by atoms with Crippen molar-refractivity contribution in [3.63, 3.8) is 0 Å². The Hall–Kier alpha value is -1.59. The fraction of sp³-hybridized carbons (Fsp3) is 0.462. The van der Waals surface area contributed by atoms with E-state index in [0.29, 0.717) is 26.2 Å². The van der Waals surface area contributed by atoms with E-state index < -0.39 is 12.0 Å².